The maximum Gasteiger partial charge on any atom is 0.231 e. The van der Waals surface area contributed by atoms with E-state index in [0.717, 1.165) is 11.3 Å². The van der Waals surface area contributed by atoms with Crippen molar-refractivity contribution < 1.29 is 9.59 Å². The highest BCUT2D eigenvalue weighted by Gasteiger charge is 2.26. The summed E-state index contributed by atoms with van der Waals surface area (Å²) in [6.07, 6.45) is 0.445. The summed E-state index contributed by atoms with van der Waals surface area (Å²) in [5, 5.41) is 2.83. The van der Waals surface area contributed by atoms with Gasteiger partial charge in [-0.25, -0.2) is 0 Å². The Hall–Kier alpha value is -1.88. The van der Waals surface area contributed by atoms with Crippen molar-refractivity contribution in [3.63, 3.8) is 0 Å². The van der Waals surface area contributed by atoms with E-state index in [1.54, 1.807) is 11.8 Å². The van der Waals surface area contributed by atoms with Crippen molar-refractivity contribution in [2.45, 2.75) is 26.3 Å². The van der Waals surface area contributed by atoms with E-state index in [-0.39, 0.29) is 23.8 Å². The molecule has 5 heteroatoms. The van der Waals surface area contributed by atoms with Gasteiger partial charge < -0.3 is 16.0 Å². The van der Waals surface area contributed by atoms with Crippen molar-refractivity contribution in [1.29, 1.82) is 0 Å². The SMILES string of the molecule is CC(N)C(C)C(=O)NCCN1C(=O)Cc2ccccc21. The largest absolute Gasteiger partial charge is 0.354 e. The van der Waals surface area contributed by atoms with E-state index in [1.807, 2.05) is 31.2 Å². The number of nitrogens with one attached hydrogen (secondary N) is 1. The van der Waals surface area contributed by atoms with Crippen LogP contribution in [0, 0.1) is 5.92 Å². The molecule has 0 aliphatic carbocycles. The van der Waals surface area contributed by atoms with Crippen LogP contribution in [0.15, 0.2) is 24.3 Å². The number of carbonyl (C=O) groups is 2. The fourth-order valence-corrected chi connectivity index (χ4v) is 2.25. The van der Waals surface area contributed by atoms with Crippen LogP contribution in [0.3, 0.4) is 0 Å². The standard InChI is InChI=1S/C15H21N3O2/c1-10(11(2)16)15(20)17-7-8-18-13-6-4-3-5-12(13)9-14(18)19/h3-6,10-11H,7-9,16H2,1-2H3,(H,17,20). The Balaban J connectivity index is 1.89. The minimum absolute atomic E-state index is 0.0695. The summed E-state index contributed by atoms with van der Waals surface area (Å²) >= 11 is 0. The number of anilines is 1. The maximum atomic E-state index is 11.9. The van der Waals surface area contributed by atoms with Crippen molar-refractivity contribution in [1.82, 2.24) is 5.32 Å². The molecule has 2 unspecified atom stereocenters. The lowest BCUT2D eigenvalue weighted by Gasteiger charge is -2.19. The summed E-state index contributed by atoms with van der Waals surface area (Å²) in [5.74, 6) is -0.211. The van der Waals surface area contributed by atoms with E-state index in [1.165, 1.54) is 0 Å². The first-order valence-corrected chi connectivity index (χ1v) is 6.92. The van der Waals surface area contributed by atoms with Crippen molar-refractivity contribution in [3.05, 3.63) is 29.8 Å². The summed E-state index contributed by atoms with van der Waals surface area (Å²) in [5.41, 5.74) is 7.69. The number of nitrogens with zero attached hydrogens (tertiary/aromatic N) is 1. The molecule has 20 heavy (non-hydrogen) atoms. The third kappa shape index (κ3) is 2.99. The average molecular weight is 275 g/mol. The van der Waals surface area contributed by atoms with Gasteiger partial charge in [-0.3, -0.25) is 9.59 Å². The molecule has 0 saturated heterocycles. The second-order valence-electron chi connectivity index (χ2n) is 5.29. The van der Waals surface area contributed by atoms with Gasteiger partial charge in [-0.05, 0) is 18.6 Å². The summed E-state index contributed by atoms with van der Waals surface area (Å²) in [4.78, 5) is 25.5. The van der Waals surface area contributed by atoms with Crippen molar-refractivity contribution >= 4 is 17.5 Å². The van der Waals surface area contributed by atoms with E-state index in [9.17, 15) is 9.59 Å². The number of hydrogen-bond donors (Lipinski definition) is 2. The topological polar surface area (TPSA) is 75.4 Å². The molecule has 5 nitrogen and oxygen atoms in total. The Morgan fingerprint density at radius 2 is 2.10 bits per heavy atom. The molecular formula is C15H21N3O2. The summed E-state index contributed by atoms with van der Waals surface area (Å²) in [7, 11) is 0. The molecule has 0 radical (unpaired) electrons. The molecule has 2 rings (SSSR count). The molecule has 0 aromatic heterocycles. The van der Waals surface area contributed by atoms with Crippen LogP contribution < -0.4 is 16.0 Å². The third-order valence-electron chi connectivity index (χ3n) is 3.76. The summed E-state index contributed by atoms with van der Waals surface area (Å²) < 4.78 is 0. The molecule has 1 heterocycles. The number of amides is 2. The van der Waals surface area contributed by atoms with Crippen molar-refractivity contribution in [3.8, 4) is 0 Å². The van der Waals surface area contributed by atoms with Crippen LogP contribution in [0.1, 0.15) is 19.4 Å². The van der Waals surface area contributed by atoms with Crippen molar-refractivity contribution in [2.75, 3.05) is 18.0 Å². The van der Waals surface area contributed by atoms with Gasteiger partial charge in [0, 0.05) is 30.7 Å². The lowest BCUT2D eigenvalue weighted by Crippen LogP contribution is -2.42. The summed E-state index contributed by atoms with van der Waals surface area (Å²) in [6, 6.07) is 7.57. The molecule has 1 aliphatic rings. The minimum atomic E-state index is -0.225. The zero-order valence-electron chi connectivity index (χ0n) is 11.9. The van der Waals surface area contributed by atoms with Crippen LogP contribution >= 0.6 is 0 Å². The molecule has 2 amide bonds. The first kappa shape index (κ1) is 14.5. The molecule has 1 aromatic rings. The Kier molecular flexibility index (Phi) is 4.39. The van der Waals surface area contributed by atoms with Crippen LogP contribution in [0.5, 0.6) is 0 Å². The zero-order valence-corrected chi connectivity index (χ0v) is 11.9. The normalized spacial score (nSPS) is 16.8. The molecule has 0 spiro atoms. The Labute approximate surface area is 119 Å². The smallest absolute Gasteiger partial charge is 0.231 e. The molecule has 108 valence electrons. The zero-order chi connectivity index (χ0) is 14.7. The highest BCUT2D eigenvalue weighted by Crippen LogP contribution is 2.27. The van der Waals surface area contributed by atoms with E-state index < -0.39 is 0 Å². The molecule has 3 N–H and O–H groups in total. The lowest BCUT2D eigenvalue weighted by atomic mass is 10.0. The van der Waals surface area contributed by atoms with Gasteiger partial charge in [0.15, 0.2) is 0 Å². The number of rotatable bonds is 5. The van der Waals surface area contributed by atoms with Gasteiger partial charge in [-0.2, -0.15) is 0 Å². The van der Waals surface area contributed by atoms with Crippen LogP contribution in [-0.2, 0) is 16.0 Å². The maximum absolute atomic E-state index is 11.9. The van der Waals surface area contributed by atoms with Gasteiger partial charge in [0.25, 0.3) is 0 Å². The van der Waals surface area contributed by atoms with Gasteiger partial charge in [0.2, 0.25) is 11.8 Å². The van der Waals surface area contributed by atoms with Gasteiger partial charge in [0.1, 0.15) is 0 Å². The highest BCUT2D eigenvalue weighted by molar-refractivity contribution is 6.01. The number of carbonyl (C=O) groups excluding carboxylic acids is 2. The van der Waals surface area contributed by atoms with E-state index in [4.69, 9.17) is 5.73 Å². The number of benzene rings is 1. The third-order valence-corrected chi connectivity index (χ3v) is 3.76. The monoisotopic (exact) mass is 275 g/mol. The molecule has 1 aliphatic heterocycles. The van der Waals surface area contributed by atoms with Crippen LogP contribution in [-0.4, -0.2) is 30.9 Å². The molecule has 0 fully saturated rings. The fourth-order valence-electron chi connectivity index (χ4n) is 2.25. The van der Waals surface area contributed by atoms with E-state index >= 15 is 0 Å². The lowest BCUT2D eigenvalue weighted by molar-refractivity contribution is -0.125. The summed E-state index contributed by atoms with van der Waals surface area (Å²) in [6.45, 7) is 4.55. The average Bonchev–Trinajstić information content (AvgIpc) is 2.74. The van der Waals surface area contributed by atoms with Gasteiger partial charge >= 0.3 is 0 Å². The van der Waals surface area contributed by atoms with Gasteiger partial charge in [-0.1, -0.05) is 25.1 Å². The quantitative estimate of drug-likeness (QED) is 0.829. The van der Waals surface area contributed by atoms with Crippen LogP contribution in [0.2, 0.25) is 0 Å². The molecule has 1 aromatic carbocycles. The van der Waals surface area contributed by atoms with Gasteiger partial charge in [0.05, 0.1) is 6.42 Å². The van der Waals surface area contributed by atoms with Crippen molar-refractivity contribution in [2.24, 2.45) is 11.7 Å². The Morgan fingerprint density at radius 3 is 2.80 bits per heavy atom. The van der Waals surface area contributed by atoms with E-state index in [2.05, 4.69) is 5.32 Å². The van der Waals surface area contributed by atoms with Crippen LogP contribution in [0.25, 0.3) is 0 Å². The molecule has 2 atom stereocenters. The number of nitrogens with two attached hydrogens (primary N) is 1. The number of para-hydroxylation sites is 1. The Bertz CT molecular complexity index is 514. The number of fused-ring (bicyclic) bond motifs is 1. The van der Waals surface area contributed by atoms with Gasteiger partial charge in [-0.15, -0.1) is 0 Å². The first-order valence-electron chi connectivity index (χ1n) is 6.92. The molecule has 0 saturated carbocycles. The number of hydrogen-bond acceptors (Lipinski definition) is 3. The highest BCUT2D eigenvalue weighted by atomic mass is 16.2. The fraction of sp³-hybridized carbons (Fsp3) is 0.467. The van der Waals surface area contributed by atoms with E-state index in [0.29, 0.717) is 19.5 Å². The second kappa shape index (κ2) is 6.05. The molecular weight excluding hydrogens is 254 g/mol. The molecule has 0 bridgehead atoms. The predicted molar refractivity (Wildman–Crippen MR) is 78.3 cm³/mol. The Morgan fingerprint density at radius 1 is 1.40 bits per heavy atom. The predicted octanol–water partition coefficient (Wildman–Crippen LogP) is 0.675. The minimum Gasteiger partial charge on any atom is -0.354 e. The van der Waals surface area contributed by atoms with Crippen LogP contribution in [0.4, 0.5) is 5.69 Å². The second-order valence-corrected chi connectivity index (χ2v) is 5.29. The first-order chi connectivity index (χ1) is 9.50.